The van der Waals surface area contributed by atoms with Gasteiger partial charge in [0.15, 0.2) is 0 Å². The average Bonchev–Trinajstić information content (AvgIpc) is 3.11. The molecule has 1 aliphatic carbocycles. The van der Waals surface area contributed by atoms with Crippen LogP contribution >= 0.6 is 0 Å². The molecule has 1 fully saturated rings. The zero-order chi connectivity index (χ0) is 14.3. The van der Waals surface area contributed by atoms with Gasteiger partial charge in [-0.15, -0.1) is 0 Å². The molecule has 1 amide bonds. The van der Waals surface area contributed by atoms with Crippen LogP contribution in [0.15, 0.2) is 18.2 Å². The van der Waals surface area contributed by atoms with Crippen molar-refractivity contribution < 1.29 is 4.79 Å². The maximum Gasteiger partial charge on any atom is 0.244 e. The molecule has 2 rings (SSSR count). The lowest BCUT2D eigenvalue weighted by atomic mass is 9.86. The molecule has 0 spiro atoms. The summed E-state index contributed by atoms with van der Waals surface area (Å²) in [6.45, 7) is 8.39. The highest BCUT2D eigenvalue weighted by atomic mass is 16.2. The third-order valence-electron chi connectivity index (χ3n) is 3.75. The summed E-state index contributed by atoms with van der Waals surface area (Å²) in [5, 5.41) is 12.0. The number of hydrogen-bond donors (Lipinski definition) is 1. The SMILES string of the molecule is Cc1ccc(C(C)(C)C)cc1NC(=O)C1(C#N)CC1. The van der Waals surface area contributed by atoms with Gasteiger partial charge < -0.3 is 5.32 Å². The molecule has 1 aromatic carbocycles. The second-order valence-electron chi connectivity index (χ2n) is 6.43. The van der Waals surface area contributed by atoms with Gasteiger partial charge in [-0.2, -0.15) is 5.26 Å². The molecule has 0 atom stereocenters. The molecule has 19 heavy (non-hydrogen) atoms. The zero-order valence-electron chi connectivity index (χ0n) is 12.0. The van der Waals surface area contributed by atoms with E-state index in [0.29, 0.717) is 12.8 Å². The number of nitrogens with zero attached hydrogens (tertiary/aromatic N) is 1. The number of nitrogens with one attached hydrogen (secondary N) is 1. The van der Waals surface area contributed by atoms with Gasteiger partial charge in [0.25, 0.3) is 0 Å². The number of hydrogen-bond acceptors (Lipinski definition) is 2. The monoisotopic (exact) mass is 256 g/mol. The minimum atomic E-state index is -0.774. The number of aryl methyl sites for hydroxylation is 1. The minimum absolute atomic E-state index is 0.0413. The molecule has 1 aliphatic rings. The van der Waals surface area contributed by atoms with Crippen molar-refractivity contribution in [1.82, 2.24) is 0 Å². The van der Waals surface area contributed by atoms with E-state index in [0.717, 1.165) is 11.3 Å². The summed E-state index contributed by atoms with van der Waals surface area (Å²) in [7, 11) is 0. The van der Waals surface area contributed by atoms with Gasteiger partial charge >= 0.3 is 0 Å². The smallest absolute Gasteiger partial charge is 0.244 e. The minimum Gasteiger partial charge on any atom is -0.324 e. The predicted octanol–water partition coefficient (Wildman–Crippen LogP) is 3.53. The van der Waals surface area contributed by atoms with Crippen molar-refractivity contribution in [2.75, 3.05) is 5.32 Å². The lowest BCUT2D eigenvalue weighted by molar-refractivity contribution is -0.119. The molecule has 0 aromatic heterocycles. The fourth-order valence-electron chi connectivity index (χ4n) is 1.98. The van der Waals surface area contributed by atoms with Crippen LogP contribution in [0.25, 0.3) is 0 Å². The molecule has 3 heteroatoms. The number of carbonyl (C=O) groups excluding carboxylic acids is 1. The fourth-order valence-corrected chi connectivity index (χ4v) is 1.98. The van der Waals surface area contributed by atoms with Crippen molar-refractivity contribution in [1.29, 1.82) is 5.26 Å². The number of carbonyl (C=O) groups is 1. The Labute approximate surface area is 114 Å². The van der Waals surface area contributed by atoms with Crippen LogP contribution in [-0.4, -0.2) is 5.91 Å². The molecule has 0 saturated heterocycles. The first kappa shape index (κ1) is 13.6. The second-order valence-corrected chi connectivity index (χ2v) is 6.43. The number of rotatable bonds is 2. The van der Waals surface area contributed by atoms with E-state index in [-0.39, 0.29) is 11.3 Å². The Hall–Kier alpha value is -1.82. The summed E-state index contributed by atoms with van der Waals surface area (Å²) in [4.78, 5) is 12.1. The third kappa shape index (κ3) is 2.63. The number of anilines is 1. The Morgan fingerprint density at radius 3 is 2.47 bits per heavy atom. The maximum absolute atomic E-state index is 12.1. The van der Waals surface area contributed by atoms with Gasteiger partial charge in [0.05, 0.1) is 6.07 Å². The highest BCUT2D eigenvalue weighted by Crippen LogP contribution is 2.46. The van der Waals surface area contributed by atoms with E-state index < -0.39 is 5.41 Å². The standard InChI is InChI=1S/C16H20N2O/c1-11-5-6-12(15(2,3)4)9-13(11)18-14(19)16(10-17)7-8-16/h5-6,9H,7-8H2,1-4H3,(H,18,19). The summed E-state index contributed by atoms with van der Waals surface area (Å²) in [6.07, 6.45) is 1.35. The molecule has 3 nitrogen and oxygen atoms in total. The van der Waals surface area contributed by atoms with Crippen molar-refractivity contribution in [3.8, 4) is 6.07 Å². The highest BCUT2D eigenvalue weighted by molar-refractivity contribution is 5.99. The van der Waals surface area contributed by atoms with Crippen molar-refractivity contribution in [3.05, 3.63) is 29.3 Å². The van der Waals surface area contributed by atoms with Crippen LogP contribution in [0.1, 0.15) is 44.7 Å². The molecule has 0 bridgehead atoms. The van der Waals surface area contributed by atoms with E-state index in [1.54, 1.807) is 0 Å². The molecule has 100 valence electrons. The van der Waals surface area contributed by atoms with Crippen LogP contribution in [-0.2, 0) is 10.2 Å². The van der Waals surface area contributed by atoms with Gasteiger partial charge in [0.2, 0.25) is 5.91 Å². The van der Waals surface area contributed by atoms with Gasteiger partial charge in [-0.05, 0) is 42.4 Å². The summed E-state index contributed by atoms with van der Waals surface area (Å²) in [6, 6.07) is 8.24. The average molecular weight is 256 g/mol. The summed E-state index contributed by atoms with van der Waals surface area (Å²) >= 11 is 0. The van der Waals surface area contributed by atoms with Crippen molar-refractivity contribution in [2.45, 2.75) is 46.0 Å². The lowest BCUT2D eigenvalue weighted by Crippen LogP contribution is -2.23. The van der Waals surface area contributed by atoms with E-state index in [2.05, 4.69) is 38.2 Å². The van der Waals surface area contributed by atoms with E-state index in [9.17, 15) is 4.79 Å². The number of nitriles is 1. The first-order chi connectivity index (χ1) is 8.78. The van der Waals surface area contributed by atoms with Crippen LogP contribution in [0.3, 0.4) is 0 Å². The number of amides is 1. The first-order valence-corrected chi connectivity index (χ1v) is 6.62. The Morgan fingerprint density at radius 1 is 1.37 bits per heavy atom. The van der Waals surface area contributed by atoms with Gasteiger partial charge in [-0.1, -0.05) is 32.9 Å². The van der Waals surface area contributed by atoms with Crippen LogP contribution < -0.4 is 5.32 Å². The maximum atomic E-state index is 12.1. The Bertz CT molecular complexity index is 557. The fraction of sp³-hybridized carbons (Fsp3) is 0.500. The summed E-state index contributed by atoms with van der Waals surface area (Å²) in [5.74, 6) is -0.163. The van der Waals surface area contributed by atoms with E-state index >= 15 is 0 Å². The topological polar surface area (TPSA) is 52.9 Å². The Morgan fingerprint density at radius 2 is 2.00 bits per heavy atom. The van der Waals surface area contributed by atoms with E-state index in [4.69, 9.17) is 5.26 Å². The quantitative estimate of drug-likeness (QED) is 0.880. The number of benzene rings is 1. The van der Waals surface area contributed by atoms with Gasteiger partial charge in [0.1, 0.15) is 5.41 Å². The van der Waals surface area contributed by atoms with E-state index in [1.165, 1.54) is 5.56 Å². The van der Waals surface area contributed by atoms with Crippen molar-refractivity contribution >= 4 is 11.6 Å². The third-order valence-corrected chi connectivity index (χ3v) is 3.75. The predicted molar refractivity (Wildman–Crippen MR) is 75.8 cm³/mol. The van der Waals surface area contributed by atoms with Crippen LogP contribution in [0, 0.1) is 23.7 Å². The second kappa shape index (κ2) is 4.38. The Kier molecular flexibility index (Phi) is 3.14. The van der Waals surface area contributed by atoms with Gasteiger partial charge in [-0.25, -0.2) is 0 Å². The molecular formula is C16H20N2O. The molecule has 1 aromatic rings. The van der Waals surface area contributed by atoms with Crippen LogP contribution in [0.2, 0.25) is 0 Å². The van der Waals surface area contributed by atoms with Gasteiger partial charge in [-0.3, -0.25) is 4.79 Å². The molecular weight excluding hydrogens is 236 g/mol. The highest BCUT2D eigenvalue weighted by Gasteiger charge is 2.50. The van der Waals surface area contributed by atoms with E-state index in [1.807, 2.05) is 19.1 Å². The zero-order valence-corrected chi connectivity index (χ0v) is 12.0. The lowest BCUT2D eigenvalue weighted by Gasteiger charge is -2.21. The van der Waals surface area contributed by atoms with Gasteiger partial charge in [0, 0.05) is 5.69 Å². The largest absolute Gasteiger partial charge is 0.324 e. The first-order valence-electron chi connectivity index (χ1n) is 6.62. The molecule has 0 unspecified atom stereocenters. The molecule has 0 heterocycles. The van der Waals surface area contributed by atoms with Crippen LogP contribution in [0.4, 0.5) is 5.69 Å². The van der Waals surface area contributed by atoms with Crippen LogP contribution in [0.5, 0.6) is 0 Å². The molecule has 1 saturated carbocycles. The summed E-state index contributed by atoms with van der Waals surface area (Å²) < 4.78 is 0. The molecule has 0 aliphatic heterocycles. The normalized spacial score (nSPS) is 16.6. The van der Waals surface area contributed by atoms with Crippen molar-refractivity contribution in [3.63, 3.8) is 0 Å². The summed E-state index contributed by atoms with van der Waals surface area (Å²) in [5.41, 5.74) is 2.29. The Balaban J connectivity index is 2.26. The van der Waals surface area contributed by atoms with Crippen molar-refractivity contribution in [2.24, 2.45) is 5.41 Å². The molecule has 0 radical (unpaired) electrons. The molecule has 1 N–H and O–H groups in total.